The van der Waals surface area contributed by atoms with Gasteiger partial charge in [-0.3, -0.25) is 4.79 Å². The molecular formula is C25H40O3. The highest BCUT2D eigenvalue weighted by Crippen LogP contribution is 2.34. The molecular weight excluding hydrogens is 348 g/mol. The number of carbonyl (C=O) groups is 1. The molecule has 0 saturated carbocycles. The van der Waals surface area contributed by atoms with Gasteiger partial charge in [0.2, 0.25) is 0 Å². The summed E-state index contributed by atoms with van der Waals surface area (Å²) in [6, 6.07) is 1.56. The van der Waals surface area contributed by atoms with Gasteiger partial charge in [0, 0.05) is 6.42 Å². The molecule has 0 radical (unpaired) electrons. The van der Waals surface area contributed by atoms with Crippen LogP contribution in [0.2, 0.25) is 0 Å². The second-order valence-electron chi connectivity index (χ2n) is 7.83. The SMILES string of the molecule is C=CCOc1c(C(=O)CCCCCCCCCCCCC)cc(O)c(C)c1C. The zero-order chi connectivity index (χ0) is 20.8. The molecule has 1 aromatic rings. The smallest absolute Gasteiger partial charge is 0.166 e. The number of benzene rings is 1. The Kier molecular flexibility index (Phi) is 12.4. The van der Waals surface area contributed by atoms with Crippen LogP contribution in [0.5, 0.6) is 11.5 Å². The van der Waals surface area contributed by atoms with Crippen molar-refractivity contribution in [3.05, 3.63) is 35.4 Å². The minimum Gasteiger partial charge on any atom is -0.508 e. The van der Waals surface area contributed by atoms with Crippen molar-refractivity contribution in [2.75, 3.05) is 6.61 Å². The number of phenolic OH excluding ortho intramolecular Hbond substituents is 1. The third-order valence-corrected chi connectivity index (χ3v) is 5.47. The van der Waals surface area contributed by atoms with Gasteiger partial charge in [-0.15, -0.1) is 0 Å². The van der Waals surface area contributed by atoms with E-state index in [1.165, 1.54) is 57.8 Å². The highest BCUT2D eigenvalue weighted by atomic mass is 16.5. The summed E-state index contributed by atoms with van der Waals surface area (Å²) in [5.74, 6) is 0.794. The molecule has 1 N–H and O–H groups in total. The standard InChI is InChI=1S/C25H40O3/c1-5-7-8-9-10-11-12-13-14-15-16-17-23(26)22-19-24(27)20(3)21(4)25(22)28-18-6-2/h6,19,27H,2,5,7-18H2,1,3-4H3. The molecule has 0 unspecified atom stereocenters. The molecule has 0 heterocycles. The summed E-state index contributed by atoms with van der Waals surface area (Å²) in [5.41, 5.74) is 2.07. The van der Waals surface area contributed by atoms with Gasteiger partial charge in [-0.2, -0.15) is 0 Å². The Balaban J connectivity index is 2.36. The first kappa shape index (κ1) is 24.3. The lowest BCUT2D eigenvalue weighted by Crippen LogP contribution is -2.07. The minimum absolute atomic E-state index is 0.0494. The number of aromatic hydroxyl groups is 1. The summed E-state index contributed by atoms with van der Waals surface area (Å²) in [5, 5.41) is 10.1. The zero-order valence-electron chi connectivity index (χ0n) is 18.3. The maximum Gasteiger partial charge on any atom is 0.166 e. The Morgan fingerprint density at radius 3 is 2.04 bits per heavy atom. The van der Waals surface area contributed by atoms with Crippen LogP contribution in [0.4, 0.5) is 0 Å². The van der Waals surface area contributed by atoms with Gasteiger partial charge in [0.05, 0.1) is 5.56 Å². The second-order valence-corrected chi connectivity index (χ2v) is 7.83. The van der Waals surface area contributed by atoms with Crippen molar-refractivity contribution in [2.24, 2.45) is 0 Å². The van der Waals surface area contributed by atoms with Gasteiger partial charge in [-0.05, 0) is 37.5 Å². The lowest BCUT2D eigenvalue weighted by molar-refractivity contribution is 0.0975. The fourth-order valence-corrected chi connectivity index (χ4v) is 3.49. The van der Waals surface area contributed by atoms with Crippen molar-refractivity contribution in [2.45, 2.75) is 97.8 Å². The van der Waals surface area contributed by atoms with Gasteiger partial charge < -0.3 is 9.84 Å². The molecule has 1 rings (SSSR count). The van der Waals surface area contributed by atoms with Crippen molar-refractivity contribution in [1.29, 1.82) is 0 Å². The van der Waals surface area contributed by atoms with Crippen LogP contribution in [0.15, 0.2) is 18.7 Å². The van der Waals surface area contributed by atoms with Crippen LogP contribution in [0.25, 0.3) is 0 Å². The Morgan fingerprint density at radius 1 is 0.964 bits per heavy atom. The Morgan fingerprint density at radius 2 is 1.50 bits per heavy atom. The fourth-order valence-electron chi connectivity index (χ4n) is 3.49. The van der Waals surface area contributed by atoms with Crippen molar-refractivity contribution < 1.29 is 14.6 Å². The monoisotopic (exact) mass is 388 g/mol. The van der Waals surface area contributed by atoms with Crippen LogP contribution in [0, 0.1) is 13.8 Å². The zero-order valence-corrected chi connectivity index (χ0v) is 18.3. The van der Waals surface area contributed by atoms with Gasteiger partial charge in [0.25, 0.3) is 0 Å². The lowest BCUT2D eigenvalue weighted by Gasteiger charge is -2.16. The van der Waals surface area contributed by atoms with Crippen LogP contribution in [0.1, 0.15) is 105 Å². The Labute approximate surface area is 172 Å². The normalized spacial score (nSPS) is 10.8. The van der Waals surface area contributed by atoms with Gasteiger partial charge >= 0.3 is 0 Å². The van der Waals surface area contributed by atoms with E-state index in [0.29, 0.717) is 24.3 Å². The number of hydrogen-bond acceptors (Lipinski definition) is 3. The first-order chi connectivity index (χ1) is 13.5. The minimum atomic E-state index is 0.0494. The molecule has 0 saturated heterocycles. The summed E-state index contributed by atoms with van der Waals surface area (Å²) in [7, 11) is 0. The average Bonchev–Trinajstić information content (AvgIpc) is 2.69. The average molecular weight is 389 g/mol. The summed E-state index contributed by atoms with van der Waals surface area (Å²) in [6.07, 6.45) is 16.1. The maximum atomic E-state index is 12.7. The summed E-state index contributed by atoms with van der Waals surface area (Å²) >= 11 is 0. The van der Waals surface area contributed by atoms with E-state index >= 15 is 0 Å². The van der Waals surface area contributed by atoms with Crippen molar-refractivity contribution in [3.63, 3.8) is 0 Å². The predicted molar refractivity (Wildman–Crippen MR) is 119 cm³/mol. The van der Waals surface area contributed by atoms with E-state index in [4.69, 9.17) is 4.74 Å². The molecule has 0 spiro atoms. The molecule has 0 aliphatic rings. The molecule has 0 aliphatic heterocycles. The van der Waals surface area contributed by atoms with Gasteiger partial charge in [0.1, 0.15) is 18.1 Å². The van der Waals surface area contributed by atoms with Gasteiger partial charge in [0.15, 0.2) is 5.78 Å². The first-order valence-electron chi connectivity index (χ1n) is 11.1. The number of carbonyl (C=O) groups excluding carboxylic acids is 1. The molecule has 0 atom stereocenters. The van der Waals surface area contributed by atoms with Crippen LogP contribution in [-0.4, -0.2) is 17.5 Å². The van der Waals surface area contributed by atoms with Crippen molar-refractivity contribution >= 4 is 5.78 Å². The van der Waals surface area contributed by atoms with E-state index in [1.807, 2.05) is 13.8 Å². The number of Topliss-reactive ketones (excluding diaryl/α,β-unsaturated/α-hetero) is 1. The van der Waals surface area contributed by atoms with Crippen LogP contribution >= 0.6 is 0 Å². The summed E-state index contributed by atoms with van der Waals surface area (Å²) in [4.78, 5) is 12.7. The summed E-state index contributed by atoms with van der Waals surface area (Å²) in [6.45, 7) is 9.99. The highest BCUT2D eigenvalue weighted by molar-refractivity contribution is 5.99. The lowest BCUT2D eigenvalue weighted by atomic mass is 9.97. The number of rotatable bonds is 16. The number of hydrogen-bond donors (Lipinski definition) is 1. The van der Waals surface area contributed by atoms with E-state index in [-0.39, 0.29) is 11.5 Å². The fraction of sp³-hybridized carbons (Fsp3) is 0.640. The topological polar surface area (TPSA) is 46.5 Å². The second kappa shape index (κ2) is 14.3. The molecule has 3 nitrogen and oxygen atoms in total. The summed E-state index contributed by atoms with van der Waals surface area (Å²) < 4.78 is 5.73. The predicted octanol–water partition coefficient (Wildman–Crippen LogP) is 7.46. The molecule has 1 aromatic carbocycles. The molecule has 3 heteroatoms. The molecule has 0 fully saturated rings. The molecule has 0 amide bonds. The van der Waals surface area contributed by atoms with E-state index in [0.717, 1.165) is 24.0 Å². The van der Waals surface area contributed by atoms with Crippen LogP contribution in [0.3, 0.4) is 0 Å². The molecule has 0 aliphatic carbocycles. The highest BCUT2D eigenvalue weighted by Gasteiger charge is 2.18. The number of ketones is 1. The van der Waals surface area contributed by atoms with Crippen molar-refractivity contribution in [1.82, 2.24) is 0 Å². The molecule has 0 bridgehead atoms. The number of unbranched alkanes of at least 4 members (excludes halogenated alkanes) is 10. The van der Waals surface area contributed by atoms with E-state index in [9.17, 15) is 9.90 Å². The number of phenols is 1. The maximum absolute atomic E-state index is 12.7. The third kappa shape index (κ3) is 8.50. The van der Waals surface area contributed by atoms with Gasteiger partial charge in [-0.1, -0.05) is 83.8 Å². The van der Waals surface area contributed by atoms with Gasteiger partial charge in [-0.25, -0.2) is 0 Å². The first-order valence-corrected chi connectivity index (χ1v) is 11.1. The number of ether oxygens (including phenoxy) is 1. The third-order valence-electron chi connectivity index (χ3n) is 5.47. The van der Waals surface area contributed by atoms with E-state index in [1.54, 1.807) is 12.1 Å². The molecule has 158 valence electrons. The quantitative estimate of drug-likeness (QED) is 0.182. The Bertz CT molecular complexity index is 604. The van der Waals surface area contributed by atoms with Crippen LogP contribution < -0.4 is 4.74 Å². The van der Waals surface area contributed by atoms with Crippen LogP contribution in [-0.2, 0) is 0 Å². The van der Waals surface area contributed by atoms with E-state index in [2.05, 4.69) is 13.5 Å². The molecule has 0 aromatic heterocycles. The van der Waals surface area contributed by atoms with E-state index < -0.39 is 0 Å². The Hall–Kier alpha value is -1.77. The largest absolute Gasteiger partial charge is 0.508 e. The van der Waals surface area contributed by atoms with Crippen molar-refractivity contribution in [3.8, 4) is 11.5 Å². The molecule has 28 heavy (non-hydrogen) atoms.